The van der Waals surface area contributed by atoms with Gasteiger partial charge >= 0.3 is 6.03 Å². The molecule has 1 heterocycles. The van der Waals surface area contributed by atoms with E-state index in [0.717, 1.165) is 39.0 Å². The molecular formula is C16H31N3O2. The summed E-state index contributed by atoms with van der Waals surface area (Å²) >= 11 is 0. The summed E-state index contributed by atoms with van der Waals surface area (Å²) in [5, 5.41) is 12.6. The van der Waals surface area contributed by atoms with Crippen LogP contribution in [0, 0.1) is 5.92 Å². The van der Waals surface area contributed by atoms with Crippen LogP contribution >= 0.6 is 0 Å². The fourth-order valence-corrected chi connectivity index (χ4v) is 3.56. The summed E-state index contributed by atoms with van der Waals surface area (Å²) in [5.74, 6) is 0.350. The molecule has 0 aromatic rings. The zero-order valence-electron chi connectivity index (χ0n) is 13.6. The topological polar surface area (TPSA) is 55.8 Å². The van der Waals surface area contributed by atoms with Crippen LogP contribution in [0.4, 0.5) is 4.79 Å². The number of likely N-dealkylation sites (N-methyl/N-ethyl adjacent to an activating group) is 1. The van der Waals surface area contributed by atoms with Crippen LogP contribution in [0.2, 0.25) is 0 Å². The molecule has 5 heteroatoms. The van der Waals surface area contributed by atoms with E-state index in [9.17, 15) is 9.90 Å². The van der Waals surface area contributed by atoms with E-state index in [4.69, 9.17) is 0 Å². The Morgan fingerprint density at radius 2 is 1.90 bits per heavy atom. The molecule has 1 aliphatic carbocycles. The second-order valence-corrected chi connectivity index (χ2v) is 6.72. The number of nitrogens with one attached hydrogen (secondary N) is 1. The van der Waals surface area contributed by atoms with Crippen molar-refractivity contribution in [2.24, 2.45) is 5.92 Å². The van der Waals surface area contributed by atoms with Gasteiger partial charge < -0.3 is 20.2 Å². The summed E-state index contributed by atoms with van der Waals surface area (Å²) in [6.07, 6.45) is 6.86. The van der Waals surface area contributed by atoms with Crippen LogP contribution in [-0.4, -0.2) is 66.3 Å². The van der Waals surface area contributed by atoms with E-state index < -0.39 is 0 Å². The number of rotatable bonds is 5. The predicted molar refractivity (Wildman–Crippen MR) is 84.3 cm³/mol. The summed E-state index contributed by atoms with van der Waals surface area (Å²) in [4.78, 5) is 16.4. The second-order valence-electron chi connectivity index (χ2n) is 6.72. The lowest BCUT2D eigenvalue weighted by Crippen LogP contribution is -2.47. The zero-order chi connectivity index (χ0) is 15.2. The van der Waals surface area contributed by atoms with Crippen molar-refractivity contribution in [3.05, 3.63) is 0 Å². The molecule has 2 N–H and O–H groups in total. The third kappa shape index (κ3) is 4.85. The number of nitrogens with zero attached hydrogens (tertiary/aromatic N) is 2. The first-order valence-electron chi connectivity index (χ1n) is 8.49. The van der Waals surface area contributed by atoms with Crippen LogP contribution in [0.1, 0.15) is 45.4 Å². The van der Waals surface area contributed by atoms with Gasteiger partial charge in [-0.25, -0.2) is 4.79 Å². The molecule has 2 amide bonds. The van der Waals surface area contributed by atoms with Crippen LogP contribution in [-0.2, 0) is 0 Å². The van der Waals surface area contributed by atoms with Crippen molar-refractivity contribution >= 4 is 6.03 Å². The molecular weight excluding hydrogens is 266 g/mol. The Morgan fingerprint density at radius 3 is 2.48 bits per heavy atom. The van der Waals surface area contributed by atoms with E-state index in [1.54, 1.807) is 0 Å². The van der Waals surface area contributed by atoms with Gasteiger partial charge in [-0.3, -0.25) is 0 Å². The fraction of sp³-hybridized carbons (Fsp3) is 0.938. The molecule has 1 saturated heterocycles. The van der Waals surface area contributed by atoms with Crippen molar-refractivity contribution in [2.45, 2.75) is 57.6 Å². The van der Waals surface area contributed by atoms with Gasteiger partial charge in [-0.05, 0) is 45.6 Å². The Kier molecular flexibility index (Phi) is 6.30. The smallest absolute Gasteiger partial charge is 0.317 e. The molecule has 0 spiro atoms. The van der Waals surface area contributed by atoms with E-state index >= 15 is 0 Å². The van der Waals surface area contributed by atoms with Crippen LogP contribution in [0.15, 0.2) is 0 Å². The maximum atomic E-state index is 12.1. The molecule has 1 aliphatic heterocycles. The third-order valence-corrected chi connectivity index (χ3v) is 5.20. The van der Waals surface area contributed by atoms with Crippen molar-refractivity contribution in [1.82, 2.24) is 15.1 Å². The van der Waals surface area contributed by atoms with Crippen molar-refractivity contribution in [2.75, 3.05) is 33.2 Å². The van der Waals surface area contributed by atoms with Crippen LogP contribution < -0.4 is 5.32 Å². The average molecular weight is 297 g/mol. The molecule has 122 valence electrons. The lowest BCUT2D eigenvalue weighted by molar-refractivity contribution is 0.0797. The van der Waals surface area contributed by atoms with E-state index in [0.29, 0.717) is 12.0 Å². The average Bonchev–Trinajstić information content (AvgIpc) is 3.01. The maximum absolute atomic E-state index is 12.1. The van der Waals surface area contributed by atoms with Gasteiger partial charge in [0.15, 0.2) is 0 Å². The summed E-state index contributed by atoms with van der Waals surface area (Å²) in [7, 11) is 2.16. The van der Waals surface area contributed by atoms with E-state index in [1.165, 1.54) is 25.7 Å². The van der Waals surface area contributed by atoms with Crippen LogP contribution in [0.3, 0.4) is 0 Å². The highest BCUT2D eigenvalue weighted by Gasteiger charge is 2.25. The SMILES string of the molecule is CC(O)C1CCN(C(=O)NCCN(C)C2CCCC2)CC1. The summed E-state index contributed by atoms with van der Waals surface area (Å²) in [5.41, 5.74) is 0. The highest BCUT2D eigenvalue weighted by atomic mass is 16.3. The summed E-state index contributed by atoms with van der Waals surface area (Å²) < 4.78 is 0. The lowest BCUT2D eigenvalue weighted by atomic mass is 9.92. The monoisotopic (exact) mass is 297 g/mol. The molecule has 0 aromatic carbocycles. The molecule has 1 saturated carbocycles. The number of hydrogen-bond donors (Lipinski definition) is 2. The Balaban J connectivity index is 1.61. The van der Waals surface area contributed by atoms with Crippen molar-refractivity contribution < 1.29 is 9.90 Å². The quantitative estimate of drug-likeness (QED) is 0.811. The molecule has 2 aliphatic rings. The number of piperidine rings is 1. The van der Waals surface area contributed by atoms with E-state index in [2.05, 4.69) is 17.3 Å². The van der Waals surface area contributed by atoms with Gasteiger partial charge in [0.2, 0.25) is 0 Å². The normalized spacial score (nSPS) is 22.8. The van der Waals surface area contributed by atoms with Crippen molar-refractivity contribution in [3.63, 3.8) is 0 Å². The number of aliphatic hydroxyl groups is 1. The third-order valence-electron chi connectivity index (χ3n) is 5.20. The van der Waals surface area contributed by atoms with Crippen LogP contribution in [0.25, 0.3) is 0 Å². The predicted octanol–water partition coefficient (Wildman–Crippen LogP) is 1.66. The molecule has 5 nitrogen and oxygen atoms in total. The fourth-order valence-electron chi connectivity index (χ4n) is 3.56. The minimum absolute atomic E-state index is 0.0545. The molecule has 2 fully saturated rings. The maximum Gasteiger partial charge on any atom is 0.317 e. The number of carbonyl (C=O) groups excluding carboxylic acids is 1. The first-order chi connectivity index (χ1) is 10.1. The standard InChI is InChI=1S/C16H31N3O2/c1-13(20)14-7-10-19(11-8-14)16(21)17-9-12-18(2)15-5-3-4-6-15/h13-15,20H,3-12H2,1-2H3,(H,17,21). The van der Waals surface area contributed by atoms with Gasteiger partial charge in [-0.1, -0.05) is 12.8 Å². The highest BCUT2D eigenvalue weighted by molar-refractivity contribution is 5.74. The van der Waals surface area contributed by atoms with E-state index in [-0.39, 0.29) is 12.1 Å². The summed E-state index contributed by atoms with van der Waals surface area (Å²) in [6, 6.07) is 0.766. The number of urea groups is 1. The number of likely N-dealkylation sites (tertiary alicyclic amines) is 1. The number of carbonyl (C=O) groups is 1. The van der Waals surface area contributed by atoms with Gasteiger partial charge in [0.1, 0.15) is 0 Å². The minimum atomic E-state index is -0.254. The van der Waals surface area contributed by atoms with Crippen molar-refractivity contribution in [3.8, 4) is 0 Å². The van der Waals surface area contributed by atoms with Gasteiger partial charge in [-0.15, -0.1) is 0 Å². The Hall–Kier alpha value is -0.810. The first kappa shape index (κ1) is 16.6. The summed E-state index contributed by atoms with van der Waals surface area (Å²) in [6.45, 7) is 5.03. The molecule has 21 heavy (non-hydrogen) atoms. The lowest BCUT2D eigenvalue weighted by Gasteiger charge is -2.33. The Morgan fingerprint density at radius 1 is 1.29 bits per heavy atom. The molecule has 0 aromatic heterocycles. The molecule has 1 unspecified atom stereocenters. The Labute approximate surface area is 128 Å². The highest BCUT2D eigenvalue weighted by Crippen LogP contribution is 2.22. The van der Waals surface area contributed by atoms with Crippen molar-refractivity contribution in [1.29, 1.82) is 0 Å². The minimum Gasteiger partial charge on any atom is -0.393 e. The van der Waals surface area contributed by atoms with Gasteiger partial charge in [0, 0.05) is 32.2 Å². The molecule has 0 bridgehead atoms. The molecule has 0 radical (unpaired) electrons. The zero-order valence-corrected chi connectivity index (χ0v) is 13.6. The number of aliphatic hydroxyl groups excluding tert-OH is 1. The van der Waals surface area contributed by atoms with Gasteiger partial charge in [-0.2, -0.15) is 0 Å². The number of hydrogen-bond acceptors (Lipinski definition) is 3. The van der Waals surface area contributed by atoms with Gasteiger partial charge in [0.05, 0.1) is 6.10 Å². The molecule has 1 atom stereocenters. The van der Waals surface area contributed by atoms with Gasteiger partial charge in [0.25, 0.3) is 0 Å². The molecule has 2 rings (SSSR count). The van der Waals surface area contributed by atoms with Crippen LogP contribution in [0.5, 0.6) is 0 Å². The first-order valence-corrected chi connectivity index (χ1v) is 8.49. The second kappa shape index (κ2) is 7.99. The number of amides is 2. The largest absolute Gasteiger partial charge is 0.393 e. The van der Waals surface area contributed by atoms with E-state index in [1.807, 2.05) is 11.8 Å². The Bertz CT molecular complexity index is 321.